The number of thioether (sulfide) groups is 1. The van der Waals surface area contributed by atoms with Crippen molar-refractivity contribution in [2.75, 3.05) is 5.75 Å². The summed E-state index contributed by atoms with van der Waals surface area (Å²) >= 11 is 15.2. The number of hydrogen-bond acceptors (Lipinski definition) is 4. The summed E-state index contributed by atoms with van der Waals surface area (Å²) in [7, 11) is 0. The summed E-state index contributed by atoms with van der Waals surface area (Å²) in [6.07, 6.45) is -4.34. The molecule has 0 atom stereocenters. The van der Waals surface area contributed by atoms with Crippen molar-refractivity contribution in [3.8, 4) is 11.5 Å². The van der Waals surface area contributed by atoms with Gasteiger partial charge in [0, 0.05) is 9.79 Å². The number of benzene rings is 2. The molecule has 0 unspecified atom stereocenters. The normalized spacial score (nSPS) is 11.0. The topological polar surface area (TPSA) is 40.5 Å². The van der Waals surface area contributed by atoms with Gasteiger partial charge in [-0.1, -0.05) is 23.2 Å². The van der Waals surface area contributed by atoms with Crippen LogP contribution in [0.1, 0.15) is 0 Å². The van der Waals surface area contributed by atoms with E-state index >= 15 is 0 Å². The van der Waals surface area contributed by atoms with Crippen LogP contribution in [0, 0.1) is 11.6 Å². The maximum absolute atomic E-state index is 12.7. The van der Waals surface area contributed by atoms with Crippen molar-refractivity contribution >= 4 is 47.6 Å². The van der Waals surface area contributed by atoms with Crippen LogP contribution in [0.25, 0.3) is 0 Å². The second-order valence-corrected chi connectivity index (χ2v) is 6.71. The third-order valence-corrected chi connectivity index (χ3v) is 4.77. The fourth-order valence-electron chi connectivity index (χ4n) is 1.32. The Morgan fingerprint density at radius 3 is 1.88 bits per heavy atom. The Morgan fingerprint density at radius 2 is 1.40 bits per heavy atom. The molecule has 138 valence electrons. The zero-order valence-electron chi connectivity index (χ0n) is 11.9. The Labute approximate surface area is 159 Å². The van der Waals surface area contributed by atoms with Crippen molar-refractivity contribution in [1.29, 1.82) is 0 Å². The summed E-state index contributed by atoms with van der Waals surface area (Å²) in [4.78, 5) is 0.355. The lowest BCUT2D eigenvalue weighted by Crippen LogP contribution is -2.10. The van der Waals surface area contributed by atoms with Gasteiger partial charge in [-0.3, -0.25) is 0 Å². The molecule has 2 rings (SSSR count). The van der Waals surface area contributed by atoms with Gasteiger partial charge in [-0.05, 0) is 24.3 Å². The molecule has 2 aromatic rings. The Bertz CT molecular complexity index is 707. The highest BCUT2D eigenvalue weighted by Gasteiger charge is 2.27. The van der Waals surface area contributed by atoms with Gasteiger partial charge in [-0.15, -0.1) is 24.4 Å². The average Bonchev–Trinajstić information content (AvgIpc) is 2.47. The van der Waals surface area contributed by atoms with Crippen molar-refractivity contribution in [2.24, 2.45) is 0 Å². The molecule has 2 nitrogen and oxygen atoms in total. The van der Waals surface area contributed by atoms with E-state index in [2.05, 4.69) is 12.6 Å². The van der Waals surface area contributed by atoms with E-state index in [4.69, 9.17) is 33.4 Å². The van der Waals surface area contributed by atoms with Gasteiger partial charge in [0.05, 0.1) is 15.8 Å². The molecule has 0 radical (unpaired) electrons. The molecule has 0 aliphatic carbocycles. The van der Waals surface area contributed by atoms with Crippen LogP contribution in [0.3, 0.4) is 0 Å². The molecular formula is C14H9Cl2F5O2S2. The lowest BCUT2D eigenvalue weighted by molar-refractivity contribution is -0.105. The van der Waals surface area contributed by atoms with Crippen LogP contribution >= 0.6 is 47.6 Å². The van der Waals surface area contributed by atoms with E-state index in [1.54, 1.807) is 0 Å². The largest absolute Gasteiger partial charge is 0.505 e. The molecule has 0 amide bonds. The zero-order chi connectivity index (χ0) is 19.4. The second-order valence-electron chi connectivity index (χ2n) is 4.39. The van der Waals surface area contributed by atoms with Gasteiger partial charge in [0.15, 0.2) is 23.1 Å². The number of phenols is 2. The minimum absolute atomic E-state index is 0.00658. The monoisotopic (exact) mass is 438 g/mol. The molecular weight excluding hydrogens is 430 g/mol. The lowest BCUT2D eigenvalue weighted by atomic mass is 10.3. The highest BCUT2D eigenvalue weighted by atomic mass is 35.5. The second kappa shape index (κ2) is 9.07. The Balaban J connectivity index is 0.000000271. The number of thiol groups is 1. The van der Waals surface area contributed by atoms with Gasteiger partial charge >= 0.3 is 6.18 Å². The van der Waals surface area contributed by atoms with Crippen molar-refractivity contribution in [3.63, 3.8) is 0 Å². The van der Waals surface area contributed by atoms with Crippen molar-refractivity contribution in [1.82, 2.24) is 0 Å². The van der Waals surface area contributed by atoms with Gasteiger partial charge in [0.1, 0.15) is 0 Å². The standard InChI is InChI=1S/C8H5ClF4OS.C6H4ClFOS/c9-4-1-5(10)6(14)2-7(4)15-3-8(11,12)13;7-3-1-4(8)5(9)2-6(3)10/h1-2,14H,3H2;1-2,9-10H. The van der Waals surface area contributed by atoms with Gasteiger partial charge in [-0.25, -0.2) is 8.78 Å². The van der Waals surface area contributed by atoms with Crippen LogP contribution in [0.15, 0.2) is 34.1 Å². The minimum Gasteiger partial charge on any atom is -0.505 e. The molecule has 2 N–H and O–H groups in total. The van der Waals surface area contributed by atoms with Gasteiger partial charge < -0.3 is 10.2 Å². The van der Waals surface area contributed by atoms with Crippen LogP contribution in [0.2, 0.25) is 10.0 Å². The first-order valence-electron chi connectivity index (χ1n) is 6.15. The number of halogens is 7. The predicted molar refractivity (Wildman–Crippen MR) is 90.2 cm³/mol. The van der Waals surface area contributed by atoms with E-state index in [9.17, 15) is 22.0 Å². The number of alkyl halides is 3. The Hall–Kier alpha value is -1.03. The van der Waals surface area contributed by atoms with E-state index in [-0.39, 0.29) is 14.9 Å². The minimum atomic E-state index is -4.34. The maximum atomic E-state index is 12.7. The first-order chi connectivity index (χ1) is 11.4. The van der Waals surface area contributed by atoms with Crippen LogP contribution in [0.5, 0.6) is 11.5 Å². The highest BCUT2D eigenvalue weighted by molar-refractivity contribution is 7.99. The molecule has 25 heavy (non-hydrogen) atoms. The predicted octanol–water partition coefficient (Wildman–Crippen LogP) is 6.31. The molecule has 2 aromatic carbocycles. The van der Waals surface area contributed by atoms with E-state index in [0.717, 1.165) is 24.3 Å². The van der Waals surface area contributed by atoms with Crippen molar-refractivity contribution < 1.29 is 32.2 Å². The third kappa shape index (κ3) is 7.39. The first-order valence-corrected chi connectivity index (χ1v) is 8.34. The zero-order valence-corrected chi connectivity index (χ0v) is 15.1. The summed E-state index contributed by atoms with van der Waals surface area (Å²) in [5.41, 5.74) is 0. The molecule has 0 bridgehead atoms. The fourth-order valence-corrected chi connectivity index (χ4v) is 2.68. The SMILES string of the molecule is Oc1cc(S)c(Cl)cc1F.Oc1cc(SCC(F)(F)F)c(Cl)cc1F. The molecule has 0 aliphatic heterocycles. The number of hydrogen-bond donors (Lipinski definition) is 3. The number of rotatable bonds is 2. The van der Waals surface area contributed by atoms with E-state index < -0.39 is 35.1 Å². The molecule has 0 fully saturated rings. The summed E-state index contributed by atoms with van der Waals surface area (Å²) in [6, 6.07) is 3.81. The van der Waals surface area contributed by atoms with Crippen LogP contribution in [-0.4, -0.2) is 22.1 Å². The molecule has 11 heteroatoms. The van der Waals surface area contributed by atoms with Gasteiger partial charge in [0.2, 0.25) is 0 Å². The Kier molecular flexibility index (Phi) is 7.98. The first kappa shape index (κ1) is 22.0. The van der Waals surface area contributed by atoms with E-state index in [0.29, 0.717) is 16.7 Å². The summed E-state index contributed by atoms with van der Waals surface area (Å²) in [5, 5.41) is 17.7. The molecule has 0 spiro atoms. The number of phenolic OH excluding ortho intramolecular Hbond substituents is 2. The van der Waals surface area contributed by atoms with Crippen LogP contribution in [-0.2, 0) is 0 Å². The van der Waals surface area contributed by atoms with Crippen molar-refractivity contribution in [3.05, 3.63) is 45.9 Å². The smallest absolute Gasteiger partial charge is 0.398 e. The summed E-state index contributed by atoms with van der Waals surface area (Å²) in [6.45, 7) is 0. The van der Waals surface area contributed by atoms with Crippen LogP contribution in [0.4, 0.5) is 22.0 Å². The third-order valence-electron chi connectivity index (χ3n) is 2.41. The van der Waals surface area contributed by atoms with Crippen molar-refractivity contribution in [2.45, 2.75) is 16.0 Å². The lowest BCUT2D eigenvalue weighted by Gasteiger charge is -2.07. The van der Waals surface area contributed by atoms with E-state index in [1.165, 1.54) is 0 Å². The van der Waals surface area contributed by atoms with Crippen LogP contribution < -0.4 is 0 Å². The quantitative estimate of drug-likeness (QED) is 0.292. The molecule has 0 saturated heterocycles. The molecule has 0 aliphatic rings. The highest BCUT2D eigenvalue weighted by Crippen LogP contribution is 2.35. The van der Waals surface area contributed by atoms with E-state index in [1.807, 2.05) is 0 Å². The number of aromatic hydroxyl groups is 2. The summed E-state index contributed by atoms with van der Waals surface area (Å²) in [5.74, 6) is -3.99. The molecule has 0 heterocycles. The van der Waals surface area contributed by atoms with Gasteiger partial charge in [-0.2, -0.15) is 13.2 Å². The summed E-state index contributed by atoms with van der Waals surface area (Å²) < 4.78 is 60.6. The molecule has 0 aromatic heterocycles. The van der Waals surface area contributed by atoms with Gasteiger partial charge in [0.25, 0.3) is 0 Å². The Morgan fingerprint density at radius 1 is 0.920 bits per heavy atom. The maximum Gasteiger partial charge on any atom is 0.398 e. The fraction of sp³-hybridized carbons (Fsp3) is 0.143. The molecule has 0 saturated carbocycles. The average molecular weight is 439 g/mol.